The topological polar surface area (TPSA) is 41.9 Å². The lowest BCUT2D eigenvalue weighted by Gasteiger charge is -2.41. The molecular formula is C24H33NO3. The molecule has 0 aliphatic carbocycles. The highest BCUT2D eigenvalue weighted by Gasteiger charge is 2.39. The first-order chi connectivity index (χ1) is 13.7. The Morgan fingerprint density at radius 2 is 1.71 bits per heavy atom. The SMILES string of the molecule is CCCC(O)(c1ccc(OCC)cc1)C(CN1CCOCC1)c1ccccc1. The summed E-state index contributed by atoms with van der Waals surface area (Å²) < 4.78 is 11.1. The van der Waals surface area contributed by atoms with Crippen molar-refractivity contribution < 1.29 is 14.6 Å². The largest absolute Gasteiger partial charge is 0.494 e. The van der Waals surface area contributed by atoms with Crippen molar-refractivity contribution in [2.75, 3.05) is 39.5 Å². The van der Waals surface area contributed by atoms with E-state index in [1.807, 2.05) is 37.3 Å². The number of morpholine rings is 1. The maximum atomic E-state index is 12.0. The molecular weight excluding hydrogens is 350 g/mol. The van der Waals surface area contributed by atoms with Gasteiger partial charge in [-0.2, -0.15) is 0 Å². The van der Waals surface area contributed by atoms with Crippen molar-refractivity contribution in [2.45, 2.75) is 38.2 Å². The van der Waals surface area contributed by atoms with Gasteiger partial charge in [0.05, 0.1) is 25.4 Å². The minimum Gasteiger partial charge on any atom is -0.494 e. The fourth-order valence-electron chi connectivity index (χ4n) is 4.17. The van der Waals surface area contributed by atoms with Crippen LogP contribution in [0.15, 0.2) is 54.6 Å². The minimum atomic E-state index is -0.931. The third kappa shape index (κ3) is 4.93. The average molecular weight is 384 g/mol. The van der Waals surface area contributed by atoms with Crippen LogP contribution in [0.3, 0.4) is 0 Å². The Kier molecular flexibility index (Phi) is 7.49. The van der Waals surface area contributed by atoms with Gasteiger partial charge in [0.1, 0.15) is 5.75 Å². The fraction of sp³-hybridized carbons (Fsp3) is 0.500. The molecule has 1 N–H and O–H groups in total. The van der Waals surface area contributed by atoms with Gasteiger partial charge in [-0.05, 0) is 36.6 Å². The molecule has 0 radical (unpaired) electrons. The number of aliphatic hydroxyl groups is 1. The molecule has 4 nitrogen and oxygen atoms in total. The van der Waals surface area contributed by atoms with Crippen LogP contribution in [0.4, 0.5) is 0 Å². The van der Waals surface area contributed by atoms with Gasteiger partial charge in [0.25, 0.3) is 0 Å². The van der Waals surface area contributed by atoms with E-state index in [1.165, 1.54) is 5.56 Å². The van der Waals surface area contributed by atoms with Crippen LogP contribution in [0.25, 0.3) is 0 Å². The van der Waals surface area contributed by atoms with Crippen molar-refractivity contribution in [3.63, 3.8) is 0 Å². The van der Waals surface area contributed by atoms with E-state index < -0.39 is 5.60 Å². The van der Waals surface area contributed by atoms with Crippen molar-refractivity contribution in [3.8, 4) is 5.75 Å². The Morgan fingerprint density at radius 3 is 2.32 bits per heavy atom. The molecule has 4 heteroatoms. The molecule has 1 aliphatic heterocycles. The van der Waals surface area contributed by atoms with Crippen molar-refractivity contribution in [3.05, 3.63) is 65.7 Å². The van der Waals surface area contributed by atoms with E-state index in [4.69, 9.17) is 9.47 Å². The van der Waals surface area contributed by atoms with Gasteiger partial charge < -0.3 is 14.6 Å². The zero-order valence-corrected chi connectivity index (χ0v) is 17.1. The molecule has 0 amide bonds. The highest BCUT2D eigenvalue weighted by molar-refractivity contribution is 5.35. The standard InChI is InChI=1S/C24H33NO3/c1-3-14-24(26,21-10-12-22(13-11-21)28-4-2)23(20-8-6-5-7-9-20)19-25-15-17-27-18-16-25/h5-13,23,26H,3-4,14-19H2,1-2H3. The van der Waals surface area contributed by atoms with E-state index in [2.05, 4.69) is 36.1 Å². The normalized spacial score (nSPS) is 18.4. The van der Waals surface area contributed by atoms with Crippen LogP contribution in [0.5, 0.6) is 5.75 Å². The Morgan fingerprint density at radius 1 is 1.04 bits per heavy atom. The maximum absolute atomic E-state index is 12.0. The number of hydrogen-bond acceptors (Lipinski definition) is 4. The van der Waals surface area contributed by atoms with Crippen molar-refractivity contribution >= 4 is 0 Å². The van der Waals surface area contributed by atoms with Gasteiger partial charge in [0.2, 0.25) is 0 Å². The fourth-order valence-corrected chi connectivity index (χ4v) is 4.17. The van der Waals surface area contributed by atoms with Gasteiger partial charge in [-0.25, -0.2) is 0 Å². The highest BCUT2D eigenvalue weighted by atomic mass is 16.5. The number of ether oxygens (including phenoxy) is 2. The molecule has 2 aromatic rings. The van der Waals surface area contributed by atoms with E-state index >= 15 is 0 Å². The van der Waals surface area contributed by atoms with Gasteiger partial charge >= 0.3 is 0 Å². The van der Waals surface area contributed by atoms with Crippen molar-refractivity contribution in [1.82, 2.24) is 4.90 Å². The Hall–Kier alpha value is -1.88. The maximum Gasteiger partial charge on any atom is 0.119 e. The van der Waals surface area contributed by atoms with Gasteiger partial charge in [-0.3, -0.25) is 4.90 Å². The molecule has 2 atom stereocenters. The first-order valence-electron chi connectivity index (χ1n) is 10.5. The summed E-state index contributed by atoms with van der Waals surface area (Å²) in [5.74, 6) is 0.833. The van der Waals surface area contributed by atoms with E-state index in [0.29, 0.717) is 13.0 Å². The lowest BCUT2D eigenvalue weighted by atomic mass is 9.74. The van der Waals surface area contributed by atoms with Gasteiger partial charge in [0.15, 0.2) is 0 Å². The Labute approximate surface area is 169 Å². The summed E-state index contributed by atoms with van der Waals surface area (Å²) in [5.41, 5.74) is 1.21. The second-order valence-corrected chi connectivity index (χ2v) is 7.51. The molecule has 2 unspecified atom stereocenters. The van der Waals surface area contributed by atoms with E-state index in [1.54, 1.807) is 0 Å². The quantitative estimate of drug-likeness (QED) is 0.705. The first-order valence-corrected chi connectivity index (χ1v) is 10.5. The molecule has 0 saturated carbocycles. The minimum absolute atomic E-state index is 0.00954. The molecule has 0 aromatic heterocycles. The second kappa shape index (κ2) is 10.1. The Bertz CT molecular complexity index is 698. The molecule has 3 rings (SSSR count). The molecule has 28 heavy (non-hydrogen) atoms. The number of rotatable bonds is 9. The van der Waals surface area contributed by atoms with Crippen LogP contribution in [-0.4, -0.2) is 49.5 Å². The van der Waals surface area contributed by atoms with Crippen molar-refractivity contribution in [1.29, 1.82) is 0 Å². The Balaban J connectivity index is 1.96. The molecule has 2 aromatic carbocycles. The van der Waals surface area contributed by atoms with Crippen LogP contribution in [0.2, 0.25) is 0 Å². The third-order valence-electron chi connectivity index (χ3n) is 5.62. The zero-order chi connectivity index (χ0) is 19.8. The number of nitrogens with zero attached hydrogens (tertiary/aromatic N) is 1. The zero-order valence-electron chi connectivity index (χ0n) is 17.1. The van der Waals surface area contributed by atoms with Gasteiger partial charge in [-0.15, -0.1) is 0 Å². The predicted octanol–water partition coefficient (Wildman–Crippen LogP) is 4.19. The molecule has 1 saturated heterocycles. The molecule has 0 spiro atoms. The van der Waals surface area contributed by atoms with Gasteiger partial charge in [-0.1, -0.05) is 55.8 Å². The smallest absolute Gasteiger partial charge is 0.119 e. The van der Waals surface area contributed by atoms with Crippen molar-refractivity contribution in [2.24, 2.45) is 0 Å². The summed E-state index contributed by atoms with van der Waals surface area (Å²) in [7, 11) is 0. The molecule has 1 heterocycles. The average Bonchev–Trinajstić information content (AvgIpc) is 2.74. The molecule has 1 fully saturated rings. The number of hydrogen-bond donors (Lipinski definition) is 1. The summed E-state index contributed by atoms with van der Waals surface area (Å²) in [6.07, 6.45) is 1.63. The van der Waals surface area contributed by atoms with Crippen LogP contribution in [-0.2, 0) is 10.3 Å². The van der Waals surface area contributed by atoms with E-state index in [9.17, 15) is 5.11 Å². The third-order valence-corrected chi connectivity index (χ3v) is 5.62. The van der Waals surface area contributed by atoms with Gasteiger partial charge in [0, 0.05) is 25.6 Å². The van der Waals surface area contributed by atoms with Crippen LogP contribution < -0.4 is 4.74 Å². The van der Waals surface area contributed by atoms with E-state index in [0.717, 1.165) is 50.6 Å². The van der Waals surface area contributed by atoms with Crippen LogP contribution in [0.1, 0.15) is 43.7 Å². The molecule has 152 valence electrons. The summed E-state index contributed by atoms with van der Waals surface area (Å²) >= 11 is 0. The molecule has 1 aliphatic rings. The lowest BCUT2D eigenvalue weighted by Crippen LogP contribution is -2.45. The lowest BCUT2D eigenvalue weighted by molar-refractivity contribution is -0.0285. The van der Waals surface area contributed by atoms with Crippen LogP contribution >= 0.6 is 0 Å². The summed E-state index contributed by atoms with van der Waals surface area (Å²) in [6.45, 7) is 8.92. The predicted molar refractivity (Wildman–Crippen MR) is 113 cm³/mol. The monoisotopic (exact) mass is 383 g/mol. The number of benzene rings is 2. The second-order valence-electron chi connectivity index (χ2n) is 7.51. The summed E-state index contributed by atoms with van der Waals surface area (Å²) in [5, 5.41) is 12.0. The summed E-state index contributed by atoms with van der Waals surface area (Å²) in [4.78, 5) is 2.41. The first kappa shape index (κ1) is 20.8. The molecule has 0 bridgehead atoms. The summed E-state index contributed by atoms with van der Waals surface area (Å²) in [6, 6.07) is 18.4. The van der Waals surface area contributed by atoms with Crippen LogP contribution in [0, 0.1) is 0 Å². The van der Waals surface area contributed by atoms with E-state index in [-0.39, 0.29) is 5.92 Å². The highest BCUT2D eigenvalue weighted by Crippen LogP contribution is 2.42.